The van der Waals surface area contributed by atoms with Crippen molar-refractivity contribution in [2.45, 2.75) is 19.0 Å². The molecule has 2 amide bonds. The average Bonchev–Trinajstić information content (AvgIpc) is 3.16. The molecule has 0 aliphatic rings. The van der Waals surface area contributed by atoms with Crippen LogP contribution in [0.25, 0.3) is 0 Å². The normalized spacial score (nSPS) is 11.6. The highest BCUT2D eigenvalue weighted by Crippen LogP contribution is 2.09. The molecule has 1 aromatic carbocycles. The van der Waals surface area contributed by atoms with Crippen LogP contribution >= 0.6 is 23.1 Å². The van der Waals surface area contributed by atoms with Gasteiger partial charge in [-0.2, -0.15) is 11.8 Å². The van der Waals surface area contributed by atoms with E-state index < -0.39 is 6.04 Å². The summed E-state index contributed by atoms with van der Waals surface area (Å²) in [5.74, 6) is 0.939. The summed E-state index contributed by atoms with van der Waals surface area (Å²) in [5.41, 5.74) is 0. The zero-order chi connectivity index (χ0) is 17.9. The van der Waals surface area contributed by atoms with E-state index in [1.54, 1.807) is 35.2 Å². The van der Waals surface area contributed by atoms with E-state index in [1.807, 2.05) is 42.0 Å². The number of ether oxygens (including phenoxy) is 1. The van der Waals surface area contributed by atoms with Crippen LogP contribution in [0.5, 0.6) is 5.75 Å². The summed E-state index contributed by atoms with van der Waals surface area (Å²) in [5, 5.41) is 7.61. The topological polar surface area (TPSA) is 67.4 Å². The zero-order valence-electron chi connectivity index (χ0n) is 14.1. The van der Waals surface area contributed by atoms with Crippen molar-refractivity contribution in [2.24, 2.45) is 0 Å². The molecular weight excluding hydrogens is 356 g/mol. The SMILES string of the molecule is CSCC[C@@H](NC(=O)COc1ccccc1)C(=O)NCc1cccs1. The number of hydrogen-bond acceptors (Lipinski definition) is 5. The highest BCUT2D eigenvalue weighted by molar-refractivity contribution is 7.98. The maximum atomic E-state index is 12.4. The Kier molecular flexibility index (Phi) is 8.34. The largest absolute Gasteiger partial charge is 0.484 e. The van der Waals surface area contributed by atoms with Crippen molar-refractivity contribution >= 4 is 34.9 Å². The van der Waals surface area contributed by atoms with Gasteiger partial charge < -0.3 is 15.4 Å². The van der Waals surface area contributed by atoms with E-state index in [-0.39, 0.29) is 18.4 Å². The fourth-order valence-electron chi connectivity index (χ4n) is 2.12. The van der Waals surface area contributed by atoms with Gasteiger partial charge in [-0.3, -0.25) is 9.59 Å². The summed E-state index contributed by atoms with van der Waals surface area (Å²) < 4.78 is 5.42. The molecule has 0 radical (unpaired) electrons. The van der Waals surface area contributed by atoms with Gasteiger partial charge in [-0.1, -0.05) is 24.3 Å². The van der Waals surface area contributed by atoms with Gasteiger partial charge in [0.2, 0.25) is 5.91 Å². The molecule has 0 spiro atoms. The van der Waals surface area contributed by atoms with Crippen LogP contribution in [0.2, 0.25) is 0 Å². The van der Waals surface area contributed by atoms with E-state index in [1.165, 1.54) is 0 Å². The first kappa shape index (κ1) is 19.3. The molecule has 0 aliphatic carbocycles. The Morgan fingerprint density at radius 3 is 2.68 bits per heavy atom. The van der Waals surface area contributed by atoms with Crippen molar-refractivity contribution in [2.75, 3.05) is 18.6 Å². The fourth-order valence-corrected chi connectivity index (χ4v) is 3.23. The average molecular weight is 379 g/mol. The first-order chi connectivity index (χ1) is 12.2. The number of thioether (sulfide) groups is 1. The molecule has 0 unspecified atom stereocenters. The Labute approximate surface area is 156 Å². The van der Waals surface area contributed by atoms with Crippen molar-refractivity contribution in [1.82, 2.24) is 10.6 Å². The van der Waals surface area contributed by atoms with Gasteiger partial charge in [-0.15, -0.1) is 11.3 Å². The molecule has 5 nitrogen and oxygen atoms in total. The molecule has 0 fully saturated rings. The zero-order valence-corrected chi connectivity index (χ0v) is 15.7. The van der Waals surface area contributed by atoms with E-state index in [4.69, 9.17) is 4.74 Å². The van der Waals surface area contributed by atoms with E-state index in [0.717, 1.165) is 10.6 Å². The summed E-state index contributed by atoms with van der Waals surface area (Å²) in [6.07, 6.45) is 2.55. The second kappa shape index (κ2) is 10.8. The molecule has 0 saturated heterocycles. The maximum Gasteiger partial charge on any atom is 0.258 e. The molecule has 2 aromatic rings. The number of carbonyl (C=O) groups excluding carboxylic acids is 2. The lowest BCUT2D eigenvalue weighted by Crippen LogP contribution is -2.48. The molecule has 25 heavy (non-hydrogen) atoms. The van der Waals surface area contributed by atoms with Crippen molar-refractivity contribution in [3.8, 4) is 5.75 Å². The van der Waals surface area contributed by atoms with Crippen molar-refractivity contribution in [3.05, 3.63) is 52.7 Å². The summed E-state index contributed by atoms with van der Waals surface area (Å²) >= 11 is 3.23. The molecule has 7 heteroatoms. The van der Waals surface area contributed by atoms with E-state index in [9.17, 15) is 9.59 Å². The lowest BCUT2D eigenvalue weighted by atomic mass is 10.2. The van der Waals surface area contributed by atoms with Gasteiger partial charge in [0.1, 0.15) is 11.8 Å². The molecule has 1 heterocycles. The van der Waals surface area contributed by atoms with Crippen LogP contribution in [-0.4, -0.2) is 36.5 Å². The molecule has 2 N–H and O–H groups in total. The van der Waals surface area contributed by atoms with Crippen LogP contribution < -0.4 is 15.4 Å². The molecule has 0 bridgehead atoms. The number of thiophene rings is 1. The predicted octanol–water partition coefficient (Wildman–Crippen LogP) is 2.68. The second-order valence-corrected chi connectivity index (χ2v) is 7.32. The van der Waals surface area contributed by atoms with Crippen LogP contribution in [0.4, 0.5) is 0 Å². The molecule has 1 aromatic heterocycles. The summed E-state index contributed by atoms with van der Waals surface area (Å²) in [7, 11) is 0. The third-order valence-corrected chi connectivity index (χ3v) is 4.91. The standard InChI is InChI=1S/C18H22N2O3S2/c1-24-11-9-16(18(22)19-12-15-8-5-10-25-15)20-17(21)13-23-14-6-3-2-4-7-14/h2-8,10,16H,9,11-13H2,1H3,(H,19,22)(H,20,21)/t16-/m1/s1. The van der Waals surface area contributed by atoms with E-state index in [2.05, 4.69) is 10.6 Å². The Balaban J connectivity index is 1.82. The van der Waals surface area contributed by atoms with Gasteiger partial charge in [0.25, 0.3) is 5.91 Å². The summed E-state index contributed by atoms with van der Waals surface area (Å²) in [4.78, 5) is 25.6. The van der Waals surface area contributed by atoms with Crippen molar-refractivity contribution in [3.63, 3.8) is 0 Å². The smallest absolute Gasteiger partial charge is 0.258 e. The number of hydrogen-bond donors (Lipinski definition) is 2. The van der Waals surface area contributed by atoms with Gasteiger partial charge >= 0.3 is 0 Å². The fraction of sp³-hybridized carbons (Fsp3) is 0.333. The molecule has 0 saturated carbocycles. The molecule has 2 rings (SSSR count). The Morgan fingerprint density at radius 2 is 2.00 bits per heavy atom. The molecular formula is C18H22N2O3S2. The summed E-state index contributed by atoms with van der Waals surface area (Å²) in [6, 6.07) is 12.5. The van der Waals surface area contributed by atoms with E-state index in [0.29, 0.717) is 18.7 Å². The van der Waals surface area contributed by atoms with Gasteiger partial charge in [0.05, 0.1) is 6.54 Å². The summed E-state index contributed by atoms with van der Waals surface area (Å²) in [6.45, 7) is 0.362. The maximum absolute atomic E-state index is 12.4. The van der Waals surface area contributed by atoms with Gasteiger partial charge in [-0.25, -0.2) is 0 Å². The second-order valence-electron chi connectivity index (χ2n) is 5.30. The van der Waals surface area contributed by atoms with Crippen LogP contribution in [0.1, 0.15) is 11.3 Å². The quantitative estimate of drug-likeness (QED) is 0.667. The number of para-hydroxylation sites is 1. The van der Waals surface area contributed by atoms with Crippen molar-refractivity contribution in [1.29, 1.82) is 0 Å². The minimum atomic E-state index is -0.556. The monoisotopic (exact) mass is 378 g/mol. The Morgan fingerprint density at radius 1 is 1.20 bits per heavy atom. The van der Waals surface area contributed by atoms with E-state index >= 15 is 0 Å². The van der Waals surface area contributed by atoms with Gasteiger partial charge in [0, 0.05) is 4.88 Å². The van der Waals surface area contributed by atoms with Crippen LogP contribution in [0.3, 0.4) is 0 Å². The Hall–Kier alpha value is -1.99. The lowest BCUT2D eigenvalue weighted by Gasteiger charge is -2.18. The third-order valence-electron chi connectivity index (χ3n) is 3.39. The number of amides is 2. The van der Waals surface area contributed by atoms with Gasteiger partial charge in [0.15, 0.2) is 6.61 Å². The molecule has 0 aliphatic heterocycles. The Bertz CT molecular complexity index is 648. The number of benzene rings is 1. The number of carbonyl (C=O) groups is 2. The first-order valence-corrected chi connectivity index (χ1v) is 10.2. The number of nitrogens with one attached hydrogen (secondary N) is 2. The van der Waals surface area contributed by atoms with Crippen molar-refractivity contribution < 1.29 is 14.3 Å². The predicted molar refractivity (Wildman–Crippen MR) is 103 cm³/mol. The van der Waals surface area contributed by atoms with Crippen LogP contribution in [0, 0.1) is 0 Å². The molecule has 1 atom stereocenters. The number of rotatable bonds is 10. The van der Waals surface area contributed by atoms with Gasteiger partial charge in [-0.05, 0) is 42.0 Å². The lowest BCUT2D eigenvalue weighted by molar-refractivity contribution is -0.130. The highest BCUT2D eigenvalue weighted by atomic mass is 32.2. The van der Waals surface area contributed by atoms with Crippen LogP contribution in [0.15, 0.2) is 47.8 Å². The minimum absolute atomic E-state index is 0.113. The van der Waals surface area contributed by atoms with Crippen LogP contribution in [-0.2, 0) is 16.1 Å². The minimum Gasteiger partial charge on any atom is -0.484 e. The molecule has 134 valence electrons. The highest BCUT2D eigenvalue weighted by Gasteiger charge is 2.20. The third kappa shape index (κ3) is 7.19. The first-order valence-electron chi connectivity index (χ1n) is 7.95.